The second-order valence-corrected chi connectivity index (χ2v) is 6.84. The molecule has 0 aromatic heterocycles. The molecule has 0 saturated heterocycles. The van der Waals surface area contributed by atoms with Gasteiger partial charge in [0.15, 0.2) is 0 Å². The first-order valence-electron chi connectivity index (χ1n) is 7.42. The van der Waals surface area contributed by atoms with Gasteiger partial charge < -0.3 is 10.1 Å². The largest absolute Gasteiger partial charge is 0.493 e. The zero-order valence-corrected chi connectivity index (χ0v) is 12.7. The maximum atomic E-state index is 6.04. The molecule has 2 heteroatoms. The van der Waals surface area contributed by atoms with Crippen molar-refractivity contribution in [2.24, 2.45) is 5.92 Å². The molecular weight excluding hydrogens is 234 g/mol. The lowest BCUT2D eigenvalue weighted by atomic mass is 9.86. The SMILES string of the molecule is CC(CNC1CC1)COc1ccccc1C(C)(C)C. The minimum Gasteiger partial charge on any atom is -0.493 e. The van der Waals surface area contributed by atoms with Crippen LogP contribution in [-0.2, 0) is 5.41 Å². The van der Waals surface area contributed by atoms with Crippen LogP contribution in [0.25, 0.3) is 0 Å². The Morgan fingerprint density at radius 1 is 1.26 bits per heavy atom. The van der Waals surface area contributed by atoms with Crippen LogP contribution in [0.1, 0.15) is 46.1 Å². The Morgan fingerprint density at radius 3 is 2.58 bits per heavy atom. The van der Waals surface area contributed by atoms with E-state index in [1.165, 1.54) is 18.4 Å². The zero-order chi connectivity index (χ0) is 13.9. The molecule has 1 saturated carbocycles. The highest BCUT2D eigenvalue weighted by atomic mass is 16.5. The lowest BCUT2D eigenvalue weighted by Gasteiger charge is -2.23. The van der Waals surface area contributed by atoms with Crippen LogP contribution in [0.3, 0.4) is 0 Å². The van der Waals surface area contributed by atoms with Crippen molar-refractivity contribution in [2.45, 2.75) is 52.0 Å². The molecule has 0 aliphatic heterocycles. The molecule has 0 amide bonds. The van der Waals surface area contributed by atoms with Gasteiger partial charge >= 0.3 is 0 Å². The van der Waals surface area contributed by atoms with E-state index in [-0.39, 0.29) is 5.41 Å². The smallest absolute Gasteiger partial charge is 0.123 e. The van der Waals surface area contributed by atoms with Crippen LogP contribution in [-0.4, -0.2) is 19.2 Å². The molecule has 106 valence electrons. The topological polar surface area (TPSA) is 21.3 Å². The first-order valence-corrected chi connectivity index (χ1v) is 7.42. The molecule has 1 aliphatic carbocycles. The van der Waals surface area contributed by atoms with Crippen molar-refractivity contribution in [1.29, 1.82) is 0 Å². The summed E-state index contributed by atoms with van der Waals surface area (Å²) in [5.74, 6) is 1.59. The minimum atomic E-state index is 0.131. The summed E-state index contributed by atoms with van der Waals surface area (Å²) in [6.45, 7) is 10.8. The molecule has 1 unspecified atom stereocenters. The lowest BCUT2D eigenvalue weighted by molar-refractivity contribution is 0.250. The molecule has 0 bridgehead atoms. The second-order valence-electron chi connectivity index (χ2n) is 6.84. The molecule has 0 spiro atoms. The van der Waals surface area contributed by atoms with Gasteiger partial charge in [-0.2, -0.15) is 0 Å². The monoisotopic (exact) mass is 261 g/mol. The second kappa shape index (κ2) is 5.96. The molecule has 0 radical (unpaired) electrons. The van der Waals surface area contributed by atoms with Crippen LogP contribution < -0.4 is 10.1 Å². The predicted octanol–water partition coefficient (Wildman–Crippen LogP) is 3.75. The molecule has 2 nitrogen and oxygen atoms in total. The summed E-state index contributed by atoms with van der Waals surface area (Å²) in [6, 6.07) is 9.18. The molecule has 2 rings (SSSR count). The molecule has 1 aliphatic rings. The Morgan fingerprint density at radius 2 is 1.95 bits per heavy atom. The number of hydrogen-bond donors (Lipinski definition) is 1. The third-order valence-electron chi connectivity index (χ3n) is 3.55. The average molecular weight is 261 g/mol. The third-order valence-corrected chi connectivity index (χ3v) is 3.55. The highest BCUT2D eigenvalue weighted by molar-refractivity contribution is 5.38. The highest BCUT2D eigenvalue weighted by Crippen LogP contribution is 2.31. The number of ether oxygens (including phenoxy) is 1. The van der Waals surface area contributed by atoms with Crippen molar-refractivity contribution >= 4 is 0 Å². The zero-order valence-electron chi connectivity index (χ0n) is 12.7. The summed E-state index contributed by atoms with van der Waals surface area (Å²) in [4.78, 5) is 0. The van der Waals surface area contributed by atoms with Crippen molar-refractivity contribution in [3.8, 4) is 5.75 Å². The van der Waals surface area contributed by atoms with E-state index in [4.69, 9.17) is 4.74 Å². The fourth-order valence-corrected chi connectivity index (χ4v) is 2.16. The fourth-order valence-electron chi connectivity index (χ4n) is 2.16. The first kappa shape index (κ1) is 14.4. The van der Waals surface area contributed by atoms with E-state index < -0.39 is 0 Å². The van der Waals surface area contributed by atoms with Gasteiger partial charge in [0.25, 0.3) is 0 Å². The Bertz CT molecular complexity index is 404. The van der Waals surface area contributed by atoms with Crippen LogP contribution in [0.2, 0.25) is 0 Å². The van der Waals surface area contributed by atoms with Gasteiger partial charge in [0.1, 0.15) is 5.75 Å². The molecule has 19 heavy (non-hydrogen) atoms. The molecule has 1 fully saturated rings. The molecule has 1 atom stereocenters. The van der Waals surface area contributed by atoms with E-state index in [9.17, 15) is 0 Å². The van der Waals surface area contributed by atoms with Crippen LogP contribution in [0, 0.1) is 5.92 Å². The fraction of sp³-hybridized carbons (Fsp3) is 0.647. The Kier molecular flexibility index (Phi) is 4.51. The third kappa shape index (κ3) is 4.54. The average Bonchev–Trinajstić information content (AvgIpc) is 3.17. The van der Waals surface area contributed by atoms with Crippen molar-refractivity contribution < 1.29 is 4.74 Å². The number of benzene rings is 1. The molecular formula is C17H27NO. The molecule has 0 heterocycles. The summed E-state index contributed by atoms with van der Waals surface area (Å²) in [5.41, 5.74) is 1.42. The summed E-state index contributed by atoms with van der Waals surface area (Å²) in [5, 5.41) is 3.56. The van der Waals surface area contributed by atoms with Gasteiger partial charge in [-0.25, -0.2) is 0 Å². The van der Waals surface area contributed by atoms with Gasteiger partial charge in [-0.1, -0.05) is 45.9 Å². The van der Waals surface area contributed by atoms with E-state index in [1.54, 1.807) is 0 Å². The lowest BCUT2D eigenvalue weighted by Crippen LogP contribution is -2.27. The Labute approximate surface area is 117 Å². The Hall–Kier alpha value is -1.02. The number of nitrogens with one attached hydrogen (secondary N) is 1. The predicted molar refractivity (Wildman–Crippen MR) is 80.8 cm³/mol. The van der Waals surface area contributed by atoms with Crippen molar-refractivity contribution in [2.75, 3.05) is 13.2 Å². The Balaban J connectivity index is 1.87. The van der Waals surface area contributed by atoms with Gasteiger partial charge in [-0.15, -0.1) is 0 Å². The van der Waals surface area contributed by atoms with E-state index in [0.717, 1.165) is 24.9 Å². The van der Waals surface area contributed by atoms with Gasteiger partial charge in [-0.3, -0.25) is 0 Å². The van der Waals surface area contributed by atoms with Crippen LogP contribution in [0.4, 0.5) is 0 Å². The van der Waals surface area contributed by atoms with E-state index in [2.05, 4.69) is 57.3 Å². The van der Waals surface area contributed by atoms with Crippen LogP contribution in [0.15, 0.2) is 24.3 Å². The summed E-state index contributed by atoms with van der Waals surface area (Å²) in [7, 11) is 0. The summed E-state index contributed by atoms with van der Waals surface area (Å²) < 4.78 is 6.04. The van der Waals surface area contributed by atoms with Gasteiger partial charge in [0, 0.05) is 18.5 Å². The van der Waals surface area contributed by atoms with Crippen LogP contribution >= 0.6 is 0 Å². The van der Waals surface area contributed by atoms with E-state index >= 15 is 0 Å². The van der Waals surface area contributed by atoms with Gasteiger partial charge in [-0.05, 0) is 29.9 Å². The summed E-state index contributed by atoms with van der Waals surface area (Å²) >= 11 is 0. The van der Waals surface area contributed by atoms with Gasteiger partial charge in [0.2, 0.25) is 0 Å². The van der Waals surface area contributed by atoms with E-state index in [1.807, 2.05) is 0 Å². The number of para-hydroxylation sites is 1. The quantitative estimate of drug-likeness (QED) is 0.842. The first-order chi connectivity index (χ1) is 8.97. The summed E-state index contributed by atoms with van der Waals surface area (Å²) in [6.07, 6.45) is 2.70. The molecule has 1 aromatic rings. The highest BCUT2D eigenvalue weighted by Gasteiger charge is 2.21. The van der Waals surface area contributed by atoms with Crippen LogP contribution in [0.5, 0.6) is 5.75 Å². The van der Waals surface area contributed by atoms with Crippen molar-refractivity contribution in [3.63, 3.8) is 0 Å². The van der Waals surface area contributed by atoms with Gasteiger partial charge in [0.05, 0.1) is 6.61 Å². The minimum absolute atomic E-state index is 0.131. The maximum Gasteiger partial charge on any atom is 0.123 e. The standard InChI is InChI=1S/C17H27NO/c1-13(11-18-14-9-10-14)12-19-16-8-6-5-7-15(16)17(2,3)4/h5-8,13-14,18H,9-12H2,1-4H3. The normalized spacial score (nSPS) is 17.3. The molecule has 1 N–H and O–H groups in total. The van der Waals surface area contributed by atoms with Crippen molar-refractivity contribution in [3.05, 3.63) is 29.8 Å². The van der Waals surface area contributed by atoms with Crippen molar-refractivity contribution in [1.82, 2.24) is 5.32 Å². The molecule has 1 aromatic carbocycles. The van der Waals surface area contributed by atoms with E-state index in [0.29, 0.717) is 5.92 Å². The number of rotatable bonds is 6. The maximum absolute atomic E-state index is 6.04. The number of hydrogen-bond acceptors (Lipinski definition) is 2.